The number of aryl methyl sites for hydroxylation is 1. The number of fused-ring (bicyclic) bond motifs is 1. The highest BCUT2D eigenvalue weighted by molar-refractivity contribution is 7.15. The maximum absolute atomic E-state index is 12.4. The summed E-state index contributed by atoms with van der Waals surface area (Å²) in [6, 6.07) is 8.71. The molecule has 4 heteroatoms. The van der Waals surface area contributed by atoms with Crippen LogP contribution in [0.4, 0.5) is 0 Å². The van der Waals surface area contributed by atoms with Crippen LogP contribution in [-0.4, -0.2) is 9.38 Å². The van der Waals surface area contributed by atoms with Gasteiger partial charge in [0.05, 0.1) is 5.69 Å². The lowest BCUT2D eigenvalue weighted by atomic mass is 10.0. The van der Waals surface area contributed by atoms with Gasteiger partial charge in [-0.05, 0) is 31.7 Å². The van der Waals surface area contributed by atoms with Gasteiger partial charge < -0.3 is 0 Å². The molecular weight excluding hydrogens is 280 g/mol. The Morgan fingerprint density at radius 2 is 1.95 bits per heavy atom. The Bertz CT molecular complexity index is 876. The van der Waals surface area contributed by atoms with E-state index in [1.807, 2.05) is 12.3 Å². The first-order valence-electron chi connectivity index (χ1n) is 7.18. The average molecular weight is 296 g/mol. The van der Waals surface area contributed by atoms with Crippen LogP contribution in [0.1, 0.15) is 40.6 Å². The number of nitrogens with zero attached hydrogens (tertiary/aromatic N) is 2. The number of hydrogen-bond donors (Lipinski definition) is 0. The number of benzene rings is 1. The SMILES string of the molecule is Cc1ccc(C2CC2c2nc3sccn3c(=O)c2C)cc1. The molecule has 4 rings (SSSR count). The van der Waals surface area contributed by atoms with E-state index in [4.69, 9.17) is 4.98 Å². The van der Waals surface area contributed by atoms with E-state index in [-0.39, 0.29) is 5.56 Å². The summed E-state index contributed by atoms with van der Waals surface area (Å²) in [6.07, 6.45) is 2.90. The smallest absolute Gasteiger partial charge is 0.261 e. The Morgan fingerprint density at radius 3 is 2.71 bits per heavy atom. The topological polar surface area (TPSA) is 34.4 Å². The normalized spacial score (nSPS) is 20.9. The molecule has 1 aliphatic rings. The van der Waals surface area contributed by atoms with E-state index >= 15 is 0 Å². The molecule has 1 aliphatic carbocycles. The number of hydrogen-bond acceptors (Lipinski definition) is 3. The molecule has 2 atom stereocenters. The fourth-order valence-corrected chi connectivity index (χ4v) is 3.74. The molecule has 0 amide bonds. The molecule has 2 aromatic heterocycles. The predicted molar refractivity (Wildman–Crippen MR) is 85.4 cm³/mol. The van der Waals surface area contributed by atoms with Crippen molar-refractivity contribution < 1.29 is 0 Å². The summed E-state index contributed by atoms with van der Waals surface area (Å²) in [5, 5.41) is 1.91. The highest BCUT2D eigenvalue weighted by Gasteiger charge is 2.42. The lowest BCUT2D eigenvalue weighted by Crippen LogP contribution is -2.18. The lowest BCUT2D eigenvalue weighted by Gasteiger charge is -2.05. The molecule has 3 nitrogen and oxygen atoms in total. The lowest BCUT2D eigenvalue weighted by molar-refractivity contribution is 0.914. The van der Waals surface area contributed by atoms with E-state index in [1.165, 1.54) is 22.5 Å². The standard InChI is InChI=1S/C17H16N2OS/c1-10-3-5-12(6-4-10)13-9-14(13)15-11(2)16(20)19-7-8-21-17(19)18-15/h3-8,13-14H,9H2,1-2H3. The molecule has 0 spiro atoms. The summed E-state index contributed by atoms with van der Waals surface area (Å²) in [5.41, 5.74) is 4.51. The zero-order chi connectivity index (χ0) is 14.6. The van der Waals surface area contributed by atoms with E-state index in [2.05, 4.69) is 31.2 Å². The summed E-state index contributed by atoms with van der Waals surface area (Å²) < 4.78 is 1.65. The van der Waals surface area contributed by atoms with E-state index in [9.17, 15) is 4.79 Å². The van der Waals surface area contributed by atoms with Gasteiger partial charge in [-0.25, -0.2) is 4.98 Å². The fraction of sp³-hybridized carbons (Fsp3) is 0.294. The van der Waals surface area contributed by atoms with E-state index in [0.717, 1.165) is 22.6 Å². The Kier molecular flexibility index (Phi) is 2.76. The molecule has 2 heterocycles. The van der Waals surface area contributed by atoms with Crippen LogP contribution < -0.4 is 5.56 Å². The molecule has 0 saturated heterocycles. The van der Waals surface area contributed by atoms with Crippen LogP contribution >= 0.6 is 11.3 Å². The Morgan fingerprint density at radius 1 is 1.19 bits per heavy atom. The molecule has 0 N–H and O–H groups in total. The van der Waals surface area contributed by atoms with Gasteiger partial charge in [0.15, 0.2) is 4.96 Å². The second kappa shape index (κ2) is 4.53. The van der Waals surface area contributed by atoms with Gasteiger partial charge >= 0.3 is 0 Å². The van der Waals surface area contributed by atoms with Crippen LogP contribution in [0.15, 0.2) is 40.6 Å². The highest BCUT2D eigenvalue weighted by atomic mass is 32.1. The van der Waals surface area contributed by atoms with Gasteiger partial charge in [0.1, 0.15) is 0 Å². The van der Waals surface area contributed by atoms with Gasteiger partial charge in [-0.1, -0.05) is 29.8 Å². The third-order valence-electron chi connectivity index (χ3n) is 4.38. The first-order chi connectivity index (χ1) is 10.1. The molecule has 21 heavy (non-hydrogen) atoms. The monoisotopic (exact) mass is 296 g/mol. The van der Waals surface area contributed by atoms with Crippen LogP contribution in [-0.2, 0) is 0 Å². The second-order valence-electron chi connectivity index (χ2n) is 5.84. The molecule has 2 unspecified atom stereocenters. The summed E-state index contributed by atoms with van der Waals surface area (Å²) in [6.45, 7) is 4.00. The molecule has 0 bridgehead atoms. The predicted octanol–water partition coefficient (Wildman–Crippen LogP) is 3.64. The van der Waals surface area contributed by atoms with Crippen LogP contribution in [0.5, 0.6) is 0 Å². The maximum Gasteiger partial charge on any atom is 0.261 e. The van der Waals surface area contributed by atoms with Crippen molar-refractivity contribution in [1.29, 1.82) is 0 Å². The largest absolute Gasteiger partial charge is 0.269 e. The molecule has 0 aliphatic heterocycles. The molecule has 1 aromatic carbocycles. The first kappa shape index (κ1) is 12.8. The minimum absolute atomic E-state index is 0.0748. The van der Waals surface area contributed by atoms with Gasteiger partial charge in [-0.3, -0.25) is 9.20 Å². The van der Waals surface area contributed by atoms with Crippen molar-refractivity contribution in [3.63, 3.8) is 0 Å². The minimum Gasteiger partial charge on any atom is -0.269 e. The Balaban J connectivity index is 1.74. The average Bonchev–Trinajstić information content (AvgIpc) is 3.13. The summed E-state index contributed by atoms with van der Waals surface area (Å²) in [4.78, 5) is 17.9. The molecule has 106 valence electrons. The summed E-state index contributed by atoms with van der Waals surface area (Å²) in [7, 11) is 0. The van der Waals surface area contributed by atoms with Crippen molar-refractivity contribution in [3.8, 4) is 0 Å². The van der Waals surface area contributed by atoms with E-state index < -0.39 is 0 Å². The Hall–Kier alpha value is -1.94. The highest BCUT2D eigenvalue weighted by Crippen LogP contribution is 2.54. The molecule has 1 fully saturated rings. The van der Waals surface area contributed by atoms with Crippen molar-refractivity contribution >= 4 is 16.3 Å². The fourth-order valence-electron chi connectivity index (χ4n) is 3.02. The number of aromatic nitrogens is 2. The van der Waals surface area contributed by atoms with Gasteiger partial charge in [0, 0.05) is 23.1 Å². The van der Waals surface area contributed by atoms with Crippen molar-refractivity contribution in [3.05, 3.63) is 68.6 Å². The number of thiazole rings is 1. The first-order valence-corrected chi connectivity index (χ1v) is 8.06. The van der Waals surface area contributed by atoms with Crippen LogP contribution in [0.25, 0.3) is 4.96 Å². The zero-order valence-electron chi connectivity index (χ0n) is 12.0. The van der Waals surface area contributed by atoms with Crippen LogP contribution in [0.2, 0.25) is 0 Å². The third-order valence-corrected chi connectivity index (χ3v) is 5.13. The van der Waals surface area contributed by atoms with Gasteiger partial charge in [0.2, 0.25) is 0 Å². The molecule has 0 radical (unpaired) electrons. The third kappa shape index (κ3) is 2.02. The van der Waals surface area contributed by atoms with Crippen LogP contribution in [0.3, 0.4) is 0 Å². The Labute approximate surface area is 126 Å². The zero-order valence-corrected chi connectivity index (χ0v) is 12.9. The maximum atomic E-state index is 12.4. The van der Waals surface area contributed by atoms with Gasteiger partial charge in [-0.2, -0.15) is 0 Å². The van der Waals surface area contributed by atoms with E-state index in [0.29, 0.717) is 11.8 Å². The van der Waals surface area contributed by atoms with Crippen molar-refractivity contribution in [1.82, 2.24) is 9.38 Å². The quantitative estimate of drug-likeness (QED) is 0.723. The molecule has 3 aromatic rings. The summed E-state index contributed by atoms with van der Waals surface area (Å²) >= 11 is 1.52. The van der Waals surface area contributed by atoms with Crippen molar-refractivity contribution in [2.45, 2.75) is 32.1 Å². The molecular formula is C17H16N2OS. The van der Waals surface area contributed by atoms with Crippen molar-refractivity contribution in [2.75, 3.05) is 0 Å². The summed E-state index contributed by atoms with van der Waals surface area (Å²) in [5.74, 6) is 0.908. The van der Waals surface area contributed by atoms with Gasteiger partial charge in [-0.15, -0.1) is 11.3 Å². The van der Waals surface area contributed by atoms with Gasteiger partial charge in [0.25, 0.3) is 5.56 Å². The van der Waals surface area contributed by atoms with Crippen molar-refractivity contribution in [2.24, 2.45) is 0 Å². The molecule has 1 saturated carbocycles. The minimum atomic E-state index is 0.0748. The number of rotatable bonds is 2. The van der Waals surface area contributed by atoms with Crippen LogP contribution in [0, 0.1) is 13.8 Å². The second-order valence-corrected chi connectivity index (χ2v) is 6.72. The van der Waals surface area contributed by atoms with E-state index in [1.54, 1.807) is 10.6 Å².